The number of hydrogen-bond donors (Lipinski definition) is 4. The fourth-order valence-electron chi connectivity index (χ4n) is 5.26. The fraction of sp³-hybridized carbons (Fsp3) is 0.357. The highest BCUT2D eigenvalue weighted by Gasteiger charge is 2.47. The average Bonchev–Trinajstić information content (AvgIpc) is 3.61. The number of nitrogens with one attached hydrogen (secondary N) is 4. The van der Waals surface area contributed by atoms with E-state index in [0.717, 1.165) is 18.1 Å². The molecule has 0 bridgehead atoms. The van der Waals surface area contributed by atoms with Gasteiger partial charge in [-0.05, 0) is 36.1 Å². The van der Waals surface area contributed by atoms with Crippen LogP contribution in [0.15, 0.2) is 54.7 Å². The Bertz CT molecular complexity index is 1480. The van der Waals surface area contributed by atoms with E-state index in [4.69, 9.17) is 0 Å². The number of carbonyl (C=O) groups is 4. The van der Waals surface area contributed by atoms with Crippen LogP contribution in [0.4, 0.5) is 18.9 Å². The van der Waals surface area contributed by atoms with Crippen LogP contribution >= 0.6 is 0 Å². The number of aryl methyl sites for hydroxylation is 1. The Hall–Kier alpha value is -4.75. The summed E-state index contributed by atoms with van der Waals surface area (Å²) in [6.45, 7) is 0.859. The second kappa shape index (κ2) is 11.6. The first kappa shape index (κ1) is 28.8. The fourth-order valence-corrected chi connectivity index (χ4v) is 5.26. The summed E-state index contributed by atoms with van der Waals surface area (Å²) in [6, 6.07) is 8.79. The quantitative estimate of drug-likeness (QED) is 0.318. The first-order valence-corrected chi connectivity index (χ1v) is 13.3. The maximum Gasteiger partial charge on any atom is 0.394 e. The zero-order valence-corrected chi connectivity index (χ0v) is 22.4. The molecule has 11 nitrogen and oxygen atoms in total. The van der Waals surface area contributed by atoms with Crippen LogP contribution in [0, 0.1) is 5.92 Å². The number of amides is 4. The average molecular weight is 584 g/mol. The van der Waals surface area contributed by atoms with Crippen molar-refractivity contribution in [2.45, 2.75) is 57.0 Å². The number of rotatable bonds is 8. The zero-order valence-electron chi connectivity index (χ0n) is 22.4. The SMILES string of the molecule is C[C@@H]([C@H](NC(=O)c1ccccc1)C(=O)N[C@H]1CCc2cccc3c2N(C1=O)[C@H](C(=O)NCc1c[nH]nn1)C3)C(F)(F)F. The van der Waals surface area contributed by atoms with Gasteiger partial charge in [0.25, 0.3) is 5.91 Å². The van der Waals surface area contributed by atoms with Crippen LogP contribution in [0.2, 0.25) is 0 Å². The Morgan fingerprint density at radius 1 is 1.10 bits per heavy atom. The molecule has 0 spiro atoms. The maximum absolute atomic E-state index is 13.9. The monoisotopic (exact) mass is 583 g/mol. The summed E-state index contributed by atoms with van der Waals surface area (Å²) in [4.78, 5) is 54.5. The molecule has 2 aromatic carbocycles. The molecule has 220 valence electrons. The maximum atomic E-state index is 13.9. The number of anilines is 1. The molecule has 2 aliphatic rings. The van der Waals surface area contributed by atoms with E-state index in [9.17, 15) is 32.3 Å². The molecule has 0 radical (unpaired) electrons. The molecule has 0 saturated carbocycles. The summed E-state index contributed by atoms with van der Waals surface area (Å²) in [7, 11) is 0. The van der Waals surface area contributed by atoms with Crippen molar-refractivity contribution in [3.05, 3.63) is 77.1 Å². The van der Waals surface area contributed by atoms with E-state index >= 15 is 0 Å². The predicted molar refractivity (Wildman–Crippen MR) is 143 cm³/mol. The number of benzene rings is 2. The molecule has 0 unspecified atom stereocenters. The summed E-state index contributed by atoms with van der Waals surface area (Å²) >= 11 is 0. The minimum Gasteiger partial charge on any atom is -0.348 e. The Balaban J connectivity index is 1.38. The topological polar surface area (TPSA) is 149 Å². The summed E-state index contributed by atoms with van der Waals surface area (Å²) < 4.78 is 41.4. The van der Waals surface area contributed by atoms with Crippen molar-refractivity contribution < 1.29 is 32.3 Å². The van der Waals surface area contributed by atoms with Gasteiger partial charge in [-0.25, -0.2) is 0 Å². The molecule has 0 aliphatic carbocycles. The summed E-state index contributed by atoms with van der Waals surface area (Å²) in [5.41, 5.74) is 2.68. The van der Waals surface area contributed by atoms with Crippen molar-refractivity contribution in [2.75, 3.05) is 4.90 Å². The lowest BCUT2D eigenvalue weighted by Gasteiger charge is -2.30. The van der Waals surface area contributed by atoms with E-state index in [1.165, 1.54) is 23.2 Å². The molecule has 0 fully saturated rings. The van der Waals surface area contributed by atoms with Crippen LogP contribution in [0.1, 0.15) is 40.5 Å². The van der Waals surface area contributed by atoms with E-state index in [1.807, 2.05) is 18.2 Å². The van der Waals surface area contributed by atoms with Gasteiger partial charge >= 0.3 is 6.18 Å². The number of aromatic nitrogens is 3. The molecule has 2 aliphatic heterocycles. The first-order chi connectivity index (χ1) is 20.0. The van der Waals surface area contributed by atoms with Crippen molar-refractivity contribution in [3.8, 4) is 0 Å². The lowest BCUT2D eigenvalue weighted by atomic mass is 9.98. The van der Waals surface area contributed by atoms with Crippen LogP contribution in [-0.2, 0) is 33.8 Å². The van der Waals surface area contributed by atoms with Crippen LogP contribution in [0.5, 0.6) is 0 Å². The van der Waals surface area contributed by atoms with Gasteiger partial charge in [0.15, 0.2) is 0 Å². The van der Waals surface area contributed by atoms with Gasteiger partial charge in [-0.3, -0.25) is 29.2 Å². The van der Waals surface area contributed by atoms with E-state index < -0.39 is 53.8 Å². The van der Waals surface area contributed by atoms with Crippen LogP contribution in [0.25, 0.3) is 0 Å². The van der Waals surface area contributed by atoms with Crippen molar-refractivity contribution >= 4 is 29.3 Å². The summed E-state index contributed by atoms with van der Waals surface area (Å²) in [5.74, 6) is -5.35. The molecule has 0 saturated heterocycles. The molecule has 3 aromatic rings. The molecule has 5 rings (SSSR count). The summed E-state index contributed by atoms with van der Waals surface area (Å²) in [5, 5.41) is 17.4. The molecule has 1 aromatic heterocycles. The number of para-hydroxylation sites is 1. The molecule has 4 N–H and O–H groups in total. The number of H-pyrrole nitrogens is 1. The molecule has 3 heterocycles. The standard InChI is InChI=1S/C28H28F3N7O4/c1-15(28(29,30)31)22(35-24(39)17-6-3-2-4-7-17)26(41)34-20-11-10-16-8-5-9-18-12-21(38(23(16)18)27(20)42)25(40)32-13-19-14-33-37-36-19/h2-9,14-15,20-22H,10-13H2,1H3,(H,32,40)(H,34,41)(H,35,39)(H,33,36,37)/t15-,20-,21-,22-/m0/s1. The Kier molecular flexibility index (Phi) is 7.96. The van der Waals surface area contributed by atoms with Gasteiger partial charge in [-0.1, -0.05) is 48.5 Å². The van der Waals surface area contributed by atoms with Crippen LogP contribution in [0.3, 0.4) is 0 Å². The van der Waals surface area contributed by atoms with E-state index in [2.05, 4.69) is 31.4 Å². The molecular weight excluding hydrogens is 555 g/mol. The van der Waals surface area contributed by atoms with Gasteiger partial charge in [0, 0.05) is 18.2 Å². The highest BCUT2D eigenvalue weighted by molar-refractivity contribution is 6.08. The minimum absolute atomic E-state index is 0.0648. The lowest BCUT2D eigenvalue weighted by molar-refractivity contribution is -0.179. The Morgan fingerprint density at radius 3 is 2.52 bits per heavy atom. The number of nitrogens with zero attached hydrogens (tertiary/aromatic N) is 3. The minimum atomic E-state index is -4.81. The number of carbonyl (C=O) groups excluding carboxylic acids is 4. The third kappa shape index (κ3) is 5.83. The Labute approximate surface area is 238 Å². The normalized spacial score (nSPS) is 19.3. The van der Waals surface area contributed by atoms with Crippen LogP contribution < -0.4 is 20.9 Å². The zero-order chi connectivity index (χ0) is 30.0. The molecular formula is C28H28F3N7O4. The Morgan fingerprint density at radius 2 is 1.83 bits per heavy atom. The molecule has 4 atom stereocenters. The lowest BCUT2D eigenvalue weighted by Crippen LogP contribution is -2.59. The van der Waals surface area contributed by atoms with Gasteiger partial charge in [-0.15, -0.1) is 5.10 Å². The number of alkyl halides is 3. The number of hydrogen-bond acceptors (Lipinski definition) is 6. The van der Waals surface area contributed by atoms with E-state index in [-0.39, 0.29) is 24.9 Å². The third-order valence-corrected chi connectivity index (χ3v) is 7.56. The van der Waals surface area contributed by atoms with Crippen molar-refractivity contribution in [2.24, 2.45) is 5.92 Å². The number of aromatic amines is 1. The van der Waals surface area contributed by atoms with Gasteiger partial charge in [0.2, 0.25) is 17.7 Å². The van der Waals surface area contributed by atoms with Crippen molar-refractivity contribution in [3.63, 3.8) is 0 Å². The largest absolute Gasteiger partial charge is 0.394 e. The second-order valence-corrected chi connectivity index (χ2v) is 10.3. The van der Waals surface area contributed by atoms with E-state index in [1.54, 1.807) is 18.2 Å². The second-order valence-electron chi connectivity index (χ2n) is 10.3. The third-order valence-electron chi connectivity index (χ3n) is 7.56. The van der Waals surface area contributed by atoms with Crippen molar-refractivity contribution in [1.29, 1.82) is 0 Å². The van der Waals surface area contributed by atoms with Gasteiger partial charge in [-0.2, -0.15) is 13.2 Å². The smallest absolute Gasteiger partial charge is 0.348 e. The highest BCUT2D eigenvalue weighted by Crippen LogP contribution is 2.39. The molecule has 42 heavy (non-hydrogen) atoms. The van der Waals surface area contributed by atoms with Gasteiger partial charge in [0.1, 0.15) is 23.8 Å². The highest BCUT2D eigenvalue weighted by atomic mass is 19.4. The van der Waals surface area contributed by atoms with Gasteiger partial charge < -0.3 is 16.0 Å². The first-order valence-electron chi connectivity index (χ1n) is 13.3. The van der Waals surface area contributed by atoms with Crippen molar-refractivity contribution in [1.82, 2.24) is 31.4 Å². The molecule has 4 amide bonds. The predicted octanol–water partition coefficient (Wildman–Crippen LogP) is 1.81. The number of halogens is 3. The van der Waals surface area contributed by atoms with Crippen LogP contribution in [-0.4, -0.2) is 63.3 Å². The van der Waals surface area contributed by atoms with E-state index in [0.29, 0.717) is 17.8 Å². The van der Waals surface area contributed by atoms with Gasteiger partial charge in [0.05, 0.1) is 18.2 Å². The molecule has 14 heteroatoms. The summed E-state index contributed by atoms with van der Waals surface area (Å²) in [6.07, 6.45) is -2.66.